The van der Waals surface area contributed by atoms with Gasteiger partial charge in [-0.05, 0) is 37.6 Å². The molecular weight excluding hydrogens is 250 g/mol. The number of carbonyl (C=O) groups excluding carboxylic acids is 1. The zero-order valence-electron chi connectivity index (χ0n) is 11.0. The number of piperidine rings is 1. The van der Waals surface area contributed by atoms with Crippen molar-refractivity contribution in [2.75, 3.05) is 13.1 Å². The first kappa shape index (κ1) is 13.9. The number of carbonyl (C=O) groups is 1. The van der Waals surface area contributed by atoms with E-state index in [1.807, 2.05) is 4.90 Å². The van der Waals surface area contributed by atoms with Gasteiger partial charge in [-0.3, -0.25) is 9.69 Å². The normalized spacial score (nSPS) is 20.3. The molecule has 1 saturated heterocycles. The van der Waals surface area contributed by atoms with Crippen LogP contribution in [0, 0.1) is 11.6 Å². The number of likely N-dealkylation sites (tertiary alicyclic amines) is 1. The average molecular weight is 268 g/mol. The van der Waals surface area contributed by atoms with Gasteiger partial charge in [-0.1, -0.05) is 0 Å². The Labute approximate surface area is 111 Å². The van der Waals surface area contributed by atoms with Crippen LogP contribution in [0.5, 0.6) is 0 Å². The molecule has 1 amide bonds. The molecule has 0 spiro atoms. The van der Waals surface area contributed by atoms with Gasteiger partial charge in [-0.25, -0.2) is 8.78 Å². The lowest BCUT2D eigenvalue weighted by Gasteiger charge is -2.33. The molecule has 0 radical (unpaired) electrons. The lowest BCUT2D eigenvalue weighted by molar-refractivity contribution is -0.120. The lowest BCUT2D eigenvalue weighted by atomic mass is 10.0. The molecule has 104 valence electrons. The van der Waals surface area contributed by atoms with Crippen molar-refractivity contribution in [3.05, 3.63) is 35.4 Å². The number of benzene rings is 1. The van der Waals surface area contributed by atoms with Crippen LogP contribution in [-0.2, 0) is 11.3 Å². The van der Waals surface area contributed by atoms with E-state index in [0.717, 1.165) is 31.5 Å². The smallest absolute Gasteiger partial charge is 0.217 e. The highest BCUT2D eigenvalue weighted by molar-refractivity contribution is 5.73. The number of hydrogen-bond donors (Lipinski definition) is 1. The van der Waals surface area contributed by atoms with Crippen molar-refractivity contribution in [3.63, 3.8) is 0 Å². The van der Waals surface area contributed by atoms with Gasteiger partial charge in [0, 0.05) is 31.6 Å². The molecular formula is C14H18F2N2O. The van der Waals surface area contributed by atoms with Gasteiger partial charge in [-0.2, -0.15) is 0 Å². The first-order valence-corrected chi connectivity index (χ1v) is 6.48. The summed E-state index contributed by atoms with van der Waals surface area (Å²) in [4.78, 5) is 13.1. The van der Waals surface area contributed by atoms with Crippen molar-refractivity contribution < 1.29 is 13.6 Å². The topological polar surface area (TPSA) is 32.3 Å². The molecule has 1 aromatic carbocycles. The third-order valence-corrected chi connectivity index (χ3v) is 3.31. The van der Waals surface area contributed by atoms with E-state index >= 15 is 0 Å². The molecule has 1 aromatic rings. The van der Waals surface area contributed by atoms with Gasteiger partial charge in [0.1, 0.15) is 11.6 Å². The fourth-order valence-corrected chi connectivity index (χ4v) is 2.51. The number of rotatable bonds is 3. The summed E-state index contributed by atoms with van der Waals surface area (Å²) < 4.78 is 26.7. The van der Waals surface area contributed by atoms with Crippen LogP contribution in [0.25, 0.3) is 0 Å². The Kier molecular flexibility index (Phi) is 4.47. The molecule has 0 saturated carbocycles. The standard InChI is InChI=1S/C14H18F2N2O/c1-10(19)17-13-3-2-6-18(9-13)8-11-7-12(15)4-5-14(11)16/h4-5,7,13H,2-3,6,8-9H2,1H3,(H,17,19). The van der Waals surface area contributed by atoms with Gasteiger partial charge < -0.3 is 5.32 Å². The number of nitrogens with one attached hydrogen (secondary N) is 1. The summed E-state index contributed by atoms with van der Waals surface area (Å²) in [6.45, 7) is 3.38. The summed E-state index contributed by atoms with van der Waals surface area (Å²) in [6.07, 6.45) is 1.88. The van der Waals surface area contributed by atoms with Gasteiger partial charge in [0.25, 0.3) is 0 Å². The summed E-state index contributed by atoms with van der Waals surface area (Å²) in [5.41, 5.74) is 0.364. The summed E-state index contributed by atoms with van der Waals surface area (Å²) in [7, 11) is 0. The highest BCUT2D eigenvalue weighted by atomic mass is 19.1. The van der Waals surface area contributed by atoms with Crippen molar-refractivity contribution in [1.29, 1.82) is 0 Å². The number of nitrogens with zero attached hydrogens (tertiary/aromatic N) is 1. The molecule has 1 atom stereocenters. The Morgan fingerprint density at radius 1 is 1.47 bits per heavy atom. The number of hydrogen-bond acceptors (Lipinski definition) is 2. The van der Waals surface area contributed by atoms with Crippen LogP contribution >= 0.6 is 0 Å². The second kappa shape index (κ2) is 6.10. The van der Waals surface area contributed by atoms with Gasteiger partial charge in [0.2, 0.25) is 5.91 Å². The second-order valence-electron chi connectivity index (χ2n) is 5.01. The zero-order chi connectivity index (χ0) is 13.8. The maximum Gasteiger partial charge on any atom is 0.217 e. The van der Waals surface area contributed by atoms with Crippen LogP contribution in [0.2, 0.25) is 0 Å². The van der Waals surface area contributed by atoms with Crippen LogP contribution in [0.3, 0.4) is 0 Å². The average Bonchev–Trinajstić information content (AvgIpc) is 2.33. The molecule has 3 nitrogen and oxygen atoms in total. The Morgan fingerprint density at radius 3 is 3.00 bits per heavy atom. The molecule has 1 fully saturated rings. The molecule has 5 heteroatoms. The van der Waals surface area contributed by atoms with Gasteiger partial charge in [0.15, 0.2) is 0 Å². The highest BCUT2D eigenvalue weighted by Crippen LogP contribution is 2.16. The minimum atomic E-state index is -0.424. The third-order valence-electron chi connectivity index (χ3n) is 3.31. The number of halogens is 2. The predicted molar refractivity (Wildman–Crippen MR) is 68.5 cm³/mol. The molecule has 19 heavy (non-hydrogen) atoms. The molecule has 1 aliphatic heterocycles. The molecule has 1 aliphatic rings. The van der Waals surface area contributed by atoms with Crippen LogP contribution in [0.15, 0.2) is 18.2 Å². The molecule has 0 aromatic heterocycles. The zero-order valence-corrected chi connectivity index (χ0v) is 11.0. The maximum atomic E-state index is 13.6. The van der Waals surface area contributed by atoms with Crippen molar-refractivity contribution in [1.82, 2.24) is 10.2 Å². The van der Waals surface area contributed by atoms with Crippen molar-refractivity contribution >= 4 is 5.91 Å². The summed E-state index contributed by atoms with van der Waals surface area (Å²) in [5.74, 6) is -0.862. The summed E-state index contributed by atoms with van der Waals surface area (Å²) >= 11 is 0. The number of amides is 1. The largest absolute Gasteiger partial charge is 0.352 e. The highest BCUT2D eigenvalue weighted by Gasteiger charge is 2.21. The fourth-order valence-electron chi connectivity index (χ4n) is 2.51. The van der Waals surface area contributed by atoms with E-state index in [2.05, 4.69) is 5.32 Å². The van der Waals surface area contributed by atoms with Gasteiger partial charge in [0.05, 0.1) is 0 Å². The monoisotopic (exact) mass is 268 g/mol. The van der Waals surface area contributed by atoms with Crippen molar-refractivity contribution in [2.24, 2.45) is 0 Å². The van der Waals surface area contributed by atoms with Crippen LogP contribution in [0.1, 0.15) is 25.3 Å². The first-order chi connectivity index (χ1) is 9.04. The molecule has 2 rings (SSSR count). The summed E-state index contributed by atoms with van der Waals surface area (Å²) in [6, 6.07) is 3.61. The van der Waals surface area contributed by atoms with Gasteiger partial charge >= 0.3 is 0 Å². The van der Waals surface area contributed by atoms with E-state index in [1.165, 1.54) is 13.0 Å². The lowest BCUT2D eigenvalue weighted by Crippen LogP contribution is -2.46. The fraction of sp³-hybridized carbons (Fsp3) is 0.500. The minimum Gasteiger partial charge on any atom is -0.352 e. The van der Waals surface area contributed by atoms with E-state index in [-0.39, 0.29) is 17.8 Å². The Hall–Kier alpha value is -1.49. The van der Waals surface area contributed by atoms with Crippen molar-refractivity contribution in [2.45, 2.75) is 32.4 Å². The van der Waals surface area contributed by atoms with E-state index in [1.54, 1.807) is 0 Å². The third kappa shape index (κ3) is 3.99. The van der Waals surface area contributed by atoms with E-state index in [0.29, 0.717) is 18.7 Å². The quantitative estimate of drug-likeness (QED) is 0.910. The maximum absolute atomic E-state index is 13.6. The molecule has 1 unspecified atom stereocenters. The van der Waals surface area contributed by atoms with Gasteiger partial charge in [-0.15, -0.1) is 0 Å². The SMILES string of the molecule is CC(=O)NC1CCCN(Cc2cc(F)ccc2F)C1. The van der Waals surface area contributed by atoms with E-state index in [9.17, 15) is 13.6 Å². The first-order valence-electron chi connectivity index (χ1n) is 6.48. The molecule has 0 bridgehead atoms. The second-order valence-corrected chi connectivity index (χ2v) is 5.01. The molecule has 1 N–H and O–H groups in total. The van der Waals surface area contributed by atoms with E-state index < -0.39 is 5.82 Å². The molecule has 1 heterocycles. The van der Waals surface area contributed by atoms with E-state index in [4.69, 9.17) is 0 Å². The minimum absolute atomic E-state index is 0.0520. The Morgan fingerprint density at radius 2 is 2.26 bits per heavy atom. The Bertz CT molecular complexity index is 465. The Balaban J connectivity index is 1.98. The van der Waals surface area contributed by atoms with Crippen LogP contribution < -0.4 is 5.32 Å². The predicted octanol–water partition coefficient (Wildman–Crippen LogP) is 2.07. The molecule has 0 aliphatic carbocycles. The summed E-state index contributed by atoms with van der Waals surface area (Å²) in [5, 5.41) is 2.88. The van der Waals surface area contributed by atoms with Crippen LogP contribution in [0.4, 0.5) is 8.78 Å². The van der Waals surface area contributed by atoms with Crippen molar-refractivity contribution in [3.8, 4) is 0 Å². The van der Waals surface area contributed by atoms with Crippen LogP contribution in [-0.4, -0.2) is 29.9 Å².